The van der Waals surface area contributed by atoms with Gasteiger partial charge in [0.05, 0.1) is 6.61 Å². The Morgan fingerprint density at radius 1 is 1.35 bits per heavy atom. The van der Waals surface area contributed by atoms with Gasteiger partial charge in [-0.3, -0.25) is 0 Å². The number of para-hydroxylation sites is 1. The Hall–Kier alpha value is -1.02. The van der Waals surface area contributed by atoms with Gasteiger partial charge in [0.1, 0.15) is 5.75 Å². The monoisotopic (exact) mass is 233 g/mol. The van der Waals surface area contributed by atoms with Crippen molar-refractivity contribution in [3.63, 3.8) is 0 Å². The Labute approximate surface area is 104 Å². The van der Waals surface area contributed by atoms with E-state index in [1.54, 1.807) is 0 Å². The van der Waals surface area contributed by atoms with E-state index in [4.69, 9.17) is 4.74 Å². The third kappa shape index (κ3) is 2.81. The van der Waals surface area contributed by atoms with Crippen LogP contribution in [0, 0.1) is 5.92 Å². The fourth-order valence-corrected chi connectivity index (χ4v) is 2.28. The van der Waals surface area contributed by atoms with E-state index in [-0.39, 0.29) is 0 Å². The summed E-state index contributed by atoms with van der Waals surface area (Å²) < 4.78 is 5.69. The van der Waals surface area contributed by atoms with Gasteiger partial charge in [-0.25, -0.2) is 0 Å². The van der Waals surface area contributed by atoms with E-state index in [9.17, 15) is 0 Å². The van der Waals surface area contributed by atoms with Crippen LogP contribution < -0.4 is 10.1 Å². The van der Waals surface area contributed by atoms with Crippen LogP contribution in [0.1, 0.15) is 38.7 Å². The molecule has 1 N–H and O–H groups in total. The van der Waals surface area contributed by atoms with Crippen LogP contribution in [-0.2, 0) is 0 Å². The smallest absolute Gasteiger partial charge is 0.122 e. The molecule has 1 aromatic rings. The zero-order valence-electron chi connectivity index (χ0n) is 11.1. The maximum atomic E-state index is 5.69. The quantitative estimate of drug-likeness (QED) is 0.843. The van der Waals surface area contributed by atoms with Crippen molar-refractivity contribution in [2.24, 2.45) is 5.92 Å². The number of fused-ring (bicyclic) bond motifs is 1. The lowest BCUT2D eigenvalue weighted by atomic mass is 9.98. The SMILES string of the molecule is CCC(C)C(C)NCC1COc2ccccc21. The maximum Gasteiger partial charge on any atom is 0.122 e. The average molecular weight is 233 g/mol. The molecule has 0 aliphatic carbocycles. The van der Waals surface area contributed by atoms with Gasteiger partial charge in [0, 0.05) is 24.1 Å². The van der Waals surface area contributed by atoms with Crippen LogP contribution in [0.25, 0.3) is 0 Å². The average Bonchev–Trinajstić information content (AvgIpc) is 2.78. The summed E-state index contributed by atoms with van der Waals surface area (Å²) in [6, 6.07) is 8.96. The first-order valence-corrected chi connectivity index (χ1v) is 6.67. The van der Waals surface area contributed by atoms with Gasteiger partial charge < -0.3 is 10.1 Å². The highest BCUT2D eigenvalue weighted by Crippen LogP contribution is 2.32. The van der Waals surface area contributed by atoms with Crippen molar-refractivity contribution < 1.29 is 4.74 Å². The zero-order chi connectivity index (χ0) is 12.3. The van der Waals surface area contributed by atoms with Gasteiger partial charge in [0.15, 0.2) is 0 Å². The first-order valence-electron chi connectivity index (χ1n) is 6.67. The summed E-state index contributed by atoms with van der Waals surface area (Å²) in [6.07, 6.45) is 1.23. The second-order valence-electron chi connectivity index (χ2n) is 5.13. The summed E-state index contributed by atoms with van der Waals surface area (Å²) in [7, 11) is 0. The van der Waals surface area contributed by atoms with E-state index in [0.717, 1.165) is 24.8 Å². The fourth-order valence-electron chi connectivity index (χ4n) is 2.28. The number of hydrogen-bond acceptors (Lipinski definition) is 2. The first-order chi connectivity index (χ1) is 8.22. The number of rotatable bonds is 5. The third-order valence-corrected chi connectivity index (χ3v) is 3.98. The lowest BCUT2D eigenvalue weighted by Crippen LogP contribution is -2.35. The zero-order valence-corrected chi connectivity index (χ0v) is 11.1. The molecule has 0 fully saturated rings. The van der Waals surface area contributed by atoms with Crippen LogP contribution >= 0.6 is 0 Å². The molecule has 0 aromatic heterocycles. The highest BCUT2D eigenvalue weighted by molar-refractivity contribution is 5.39. The lowest BCUT2D eigenvalue weighted by Gasteiger charge is -2.21. The molecule has 1 aliphatic heterocycles. The Balaban J connectivity index is 1.90. The summed E-state index contributed by atoms with van der Waals surface area (Å²) >= 11 is 0. The molecule has 2 rings (SSSR count). The summed E-state index contributed by atoms with van der Waals surface area (Å²) in [6.45, 7) is 8.66. The second-order valence-corrected chi connectivity index (χ2v) is 5.13. The summed E-state index contributed by atoms with van der Waals surface area (Å²) in [5.41, 5.74) is 1.36. The third-order valence-electron chi connectivity index (χ3n) is 3.98. The molecule has 2 heteroatoms. The van der Waals surface area contributed by atoms with Gasteiger partial charge in [-0.2, -0.15) is 0 Å². The number of nitrogens with one attached hydrogen (secondary N) is 1. The summed E-state index contributed by atoms with van der Waals surface area (Å²) in [5.74, 6) is 2.31. The van der Waals surface area contributed by atoms with Gasteiger partial charge in [0.25, 0.3) is 0 Å². The van der Waals surface area contributed by atoms with Gasteiger partial charge in [-0.15, -0.1) is 0 Å². The molecule has 0 amide bonds. The lowest BCUT2D eigenvalue weighted by molar-refractivity contribution is 0.312. The summed E-state index contributed by atoms with van der Waals surface area (Å²) in [5, 5.41) is 3.64. The van der Waals surface area contributed by atoms with Crippen LogP contribution in [-0.4, -0.2) is 19.2 Å². The number of hydrogen-bond donors (Lipinski definition) is 1. The normalized spacial score (nSPS) is 21.7. The van der Waals surface area contributed by atoms with Crippen molar-refractivity contribution >= 4 is 0 Å². The fraction of sp³-hybridized carbons (Fsp3) is 0.600. The minimum Gasteiger partial charge on any atom is -0.493 e. The Morgan fingerprint density at radius 2 is 2.12 bits per heavy atom. The Bertz CT molecular complexity index is 364. The molecule has 0 saturated carbocycles. The van der Waals surface area contributed by atoms with E-state index < -0.39 is 0 Å². The predicted molar refractivity (Wildman–Crippen MR) is 71.6 cm³/mol. The molecular formula is C15H23NO. The molecule has 2 nitrogen and oxygen atoms in total. The molecule has 0 saturated heterocycles. The van der Waals surface area contributed by atoms with Crippen LogP contribution in [0.15, 0.2) is 24.3 Å². The van der Waals surface area contributed by atoms with Crippen molar-refractivity contribution in [2.75, 3.05) is 13.2 Å². The first kappa shape index (κ1) is 12.4. The molecule has 0 spiro atoms. The predicted octanol–water partition coefficient (Wildman–Crippen LogP) is 3.19. The molecule has 1 aliphatic rings. The van der Waals surface area contributed by atoms with Crippen molar-refractivity contribution in [3.05, 3.63) is 29.8 Å². The van der Waals surface area contributed by atoms with Gasteiger partial charge in [0.2, 0.25) is 0 Å². The van der Waals surface area contributed by atoms with Crippen LogP contribution in [0.5, 0.6) is 5.75 Å². The van der Waals surface area contributed by atoms with Crippen LogP contribution in [0.2, 0.25) is 0 Å². The van der Waals surface area contributed by atoms with Crippen LogP contribution in [0.3, 0.4) is 0 Å². The van der Waals surface area contributed by atoms with Gasteiger partial charge >= 0.3 is 0 Å². The molecule has 0 bridgehead atoms. The molecule has 17 heavy (non-hydrogen) atoms. The minimum atomic E-state index is 0.512. The standard InChI is InChI=1S/C15H23NO/c1-4-11(2)12(3)16-9-13-10-17-15-8-6-5-7-14(13)15/h5-8,11-13,16H,4,9-10H2,1-3H3. The highest BCUT2D eigenvalue weighted by atomic mass is 16.5. The van der Waals surface area contributed by atoms with Crippen molar-refractivity contribution in [1.29, 1.82) is 0 Å². The number of benzene rings is 1. The van der Waals surface area contributed by atoms with Gasteiger partial charge in [-0.1, -0.05) is 38.5 Å². The second kappa shape index (κ2) is 5.54. The molecule has 3 atom stereocenters. The molecule has 94 valence electrons. The molecule has 0 radical (unpaired) electrons. The summed E-state index contributed by atoms with van der Waals surface area (Å²) in [4.78, 5) is 0. The van der Waals surface area contributed by atoms with E-state index in [1.807, 2.05) is 6.07 Å². The van der Waals surface area contributed by atoms with Gasteiger partial charge in [-0.05, 0) is 18.9 Å². The van der Waals surface area contributed by atoms with E-state index in [0.29, 0.717) is 12.0 Å². The molecular weight excluding hydrogens is 210 g/mol. The van der Waals surface area contributed by atoms with E-state index >= 15 is 0 Å². The Morgan fingerprint density at radius 3 is 2.88 bits per heavy atom. The molecule has 1 aromatic carbocycles. The molecule has 1 heterocycles. The Kier molecular flexibility index (Phi) is 4.06. The van der Waals surface area contributed by atoms with E-state index in [1.165, 1.54) is 12.0 Å². The van der Waals surface area contributed by atoms with E-state index in [2.05, 4.69) is 44.3 Å². The van der Waals surface area contributed by atoms with Crippen molar-refractivity contribution in [2.45, 2.75) is 39.2 Å². The number of ether oxygens (including phenoxy) is 1. The van der Waals surface area contributed by atoms with Crippen molar-refractivity contribution in [3.8, 4) is 5.75 Å². The van der Waals surface area contributed by atoms with Crippen molar-refractivity contribution in [1.82, 2.24) is 5.32 Å². The maximum absolute atomic E-state index is 5.69. The minimum absolute atomic E-state index is 0.512. The highest BCUT2D eigenvalue weighted by Gasteiger charge is 2.24. The molecule has 3 unspecified atom stereocenters. The topological polar surface area (TPSA) is 21.3 Å². The largest absolute Gasteiger partial charge is 0.493 e. The van der Waals surface area contributed by atoms with Crippen LogP contribution in [0.4, 0.5) is 0 Å².